The van der Waals surface area contributed by atoms with E-state index in [2.05, 4.69) is 5.32 Å². The molecule has 39 heavy (non-hydrogen) atoms. The highest BCUT2D eigenvalue weighted by atomic mass is 19.1. The molecular weight excluding hydrogens is 504 g/mol. The van der Waals surface area contributed by atoms with Gasteiger partial charge >= 0.3 is 0 Å². The first-order valence-corrected chi connectivity index (χ1v) is 12.8. The molecule has 0 aliphatic rings. The number of carbonyl (C=O) groups is 2. The average Bonchev–Trinajstić information content (AvgIpc) is 2.91. The number of amides is 2. The van der Waals surface area contributed by atoms with Gasteiger partial charge in [-0.25, -0.2) is 8.78 Å². The molecule has 0 aliphatic carbocycles. The maximum Gasteiger partial charge on any atom is 0.242 e. The van der Waals surface area contributed by atoms with E-state index in [1.807, 2.05) is 31.2 Å². The first-order valence-electron chi connectivity index (χ1n) is 12.8. The Hall–Kier alpha value is -3.82. The molecule has 0 radical (unpaired) electrons. The summed E-state index contributed by atoms with van der Waals surface area (Å²) < 4.78 is 32.3. The number of methoxy groups -OCH3 is 1. The van der Waals surface area contributed by atoms with Crippen LogP contribution in [-0.4, -0.2) is 54.2 Å². The van der Waals surface area contributed by atoms with E-state index in [9.17, 15) is 23.5 Å². The number of aryl methyl sites for hydroxylation is 1. The van der Waals surface area contributed by atoms with Crippen LogP contribution in [0.15, 0.2) is 66.7 Å². The third kappa shape index (κ3) is 9.46. The molecule has 0 fully saturated rings. The van der Waals surface area contributed by atoms with Crippen LogP contribution in [-0.2, 0) is 35.4 Å². The van der Waals surface area contributed by atoms with Crippen molar-refractivity contribution in [1.82, 2.24) is 10.2 Å². The normalized spacial score (nSPS) is 12.5. The third-order valence-corrected chi connectivity index (χ3v) is 6.38. The summed E-state index contributed by atoms with van der Waals surface area (Å²) in [7, 11) is 1.56. The zero-order valence-electron chi connectivity index (χ0n) is 22.2. The van der Waals surface area contributed by atoms with Gasteiger partial charge < -0.3 is 25.8 Å². The third-order valence-electron chi connectivity index (χ3n) is 6.38. The van der Waals surface area contributed by atoms with Crippen molar-refractivity contribution in [3.05, 3.63) is 101 Å². The van der Waals surface area contributed by atoms with Crippen molar-refractivity contribution in [1.29, 1.82) is 0 Å². The molecule has 3 aromatic rings. The number of nitrogens with zero attached hydrogens (tertiary/aromatic N) is 1. The monoisotopic (exact) mass is 539 g/mol. The van der Waals surface area contributed by atoms with Crippen LogP contribution >= 0.6 is 0 Å². The van der Waals surface area contributed by atoms with E-state index in [0.717, 1.165) is 41.3 Å². The molecule has 208 valence electrons. The Morgan fingerprint density at radius 3 is 2.28 bits per heavy atom. The SMILES string of the molecule is CCc1cccc(CN(C[C@@H](O)[C@@H](N)Cc2cc(F)cc(F)c2)C(=O)CNC(=O)Cc2ccc(OC)cc2)c1. The number of hydrogen-bond acceptors (Lipinski definition) is 5. The second-order valence-corrected chi connectivity index (χ2v) is 9.46. The summed E-state index contributed by atoms with van der Waals surface area (Å²) >= 11 is 0. The molecule has 2 atom stereocenters. The van der Waals surface area contributed by atoms with Crippen molar-refractivity contribution in [2.24, 2.45) is 5.73 Å². The fraction of sp³-hybridized carbons (Fsp3) is 0.333. The summed E-state index contributed by atoms with van der Waals surface area (Å²) in [6.45, 7) is 1.83. The zero-order valence-corrected chi connectivity index (χ0v) is 22.2. The van der Waals surface area contributed by atoms with Gasteiger partial charge in [-0.3, -0.25) is 9.59 Å². The fourth-order valence-electron chi connectivity index (χ4n) is 4.20. The number of nitrogens with two attached hydrogens (primary N) is 1. The summed E-state index contributed by atoms with van der Waals surface area (Å²) in [5.74, 6) is -1.51. The maximum absolute atomic E-state index is 13.6. The molecule has 0 spiro atoms. The van der Waals surface area contributed by atoms with Crippen molar-refractivity contribution in [2.45, 2.75) is 44.9 Å². The standard InChI is InChI=1S/C30H35F2N3O4/c1-3-20-5-4-6-22(11-20)18-35(19-28(36)27(33)14-23-12-24(31)16-25(32)13-23)30(38)17-34-29(37)15-21-7-9-26(39-2)10-8-21/h4-13,16,27-28,36H,3,14-15,17-19,33H2,1-2H3,(H,34,37)/t27-,28+/m0/s1. The molecule has 0 aliphatic heterocycles. The Kier molecular flexibility index (Phi) is 11.0. The van der Waals surface area contributed by atoms with Crippen LogP contribution < -0.4 is 15.8 Å². The molecule has 3 rings (SSSR count). The molecule has 7 nitrogen and oxygen atoms in total. The topological polar surface area (TPSA) is 105 Å². The molecule has 4 N–H and O–H groups in total. The van der Waals surface area contributed by atoms with Gasteiger partial charge in [-0.2, -0.15) is 0 Å². The Morgan fingerprint density at radius 1 is 0.974 bits per heavy atom. The Balaban J connectivity index is 1.66. The quantitative estimate of drug-likeness (QED) is 0.310. The van der Waals surface area contributed by atoms with Crippen LogP contribution in [0.1, 0.15) is 29.2 Å². The lowest BCUT2D eigenvalue weighted by Crippen LogP contribution is -2.48. The predicted octanol–water partition coefficient (Wildman–Crippen LogP) is 3.15. The second-order valence-electron chi connectivity index (χ2n) is 9.46. The highest BCUT2D eigenvalue weighted by Gasteiger charge is 2.23. The maximum atomic E-state index is 13.6. The van der Waals surface area contributed by atoms with E-state index in [1.54, 1.807) is 31.4 Å². The number of benzene rings is 3. The van der Waals surface area contributed by atoms with Crippen LogP contribution in [0.2, 0.25) is 0 Å². The van der Waals surface area contributed by atoms with Crippen molar-refractivity contribution < 1.29 is 28.2 Å². The lowest BCUT2D eigenvalue weighted by Gasteiger charge is -2.28. The molecule has 0 aromatic heterocycles. The number of halogens is 2. The van der Waals surface area contributed by atoms with Gasteiger partial charge in [0, 0.05) is 25.2 Å². The second kappa shape index (κ2) is 14.4. The Bertz CT molecular complexity index is 1230. The van der Waals surface area contributed by atoms with Crippen LogP contribution in [0.25, 0.3) is 0 Å². The van der Waals surface area contributed by atoms with E-state index in [4.69, 9.17) is 10.5 Å². The zero-order chi connectivity index (χ0) is 28.4. The lowest BCUT2D eigenvalue weighted by atomic mass is 10.0. The van der Waals surface area contributed by atoms with E-state index in [-0.39, 0.29) is 38.4 Å². The summed E-state index contributed by atoms with van der Waals surface area (Å²) in [5, 5.41) is 13.5. The van der Waals surface area contributed by atoms with Gasteiger partial charge in [0.25, 0.3) is 0 Å². The van der Waals surface area contributed by atoms with Crippen molar-refractivity contribution in [2.75, 3.05) is 20.2 Å². The van der Waals surface area contributed by atoms with E-state index in [1.165, 1.54) is 4.90 Å². The fourth-order valence-corrected chi connectivity index (χ4v) is 4.20. The number of aliphatic hydroxyl groups is 1. The Morgan fingerprint density at radius 2 is 1.64 bits per heavy atom. The van der Waals surface area contributed by atoms with Crippen molar-refractivity contribution in [3.63, 3.8) is 0 Å². The summed E-state index contributed by atoms with van der Waals surface area (Å²) in [6.07, 6.45) is -0.249. The van der Waals surface area contributed by atoms with Crippen LogP contribution in [0.4, 0.5) is 8.78 Å². The largest absolute Gasteiger partial charge is 0.497 e. The van der Waals surface area contributed by atoms with E-state index < -0.39 is 29.7 Å². The lowest BCUT2D eigenvalue weighted by molar-refractivity contribution is -0.134. The molecule has 9 heteroatoms. The number of ether oxygens (including phenoxy) is 1. The average molecular weight is 540 g/mol. The first kappa shape index (κ1) is 29.7. The van der Waals surface area contributed by atoms with Gasteiger partial charge in [-0.1, -0.05) is 43.3 Å². The molecule has 0 saturated carbocycles. The number of rotatable bonds is 13. The molecule has 0 saturated heterocycles. The van der Waals surface area contributed by atoms with Gasteiger partial charge in [0.2, 0.25) is 11.8 Å². The highest BCUT2D eigenvalue weighted by molar-refractivity contribution is 5.85. The molecule has 3 aromatic carbocycles. The Labute approximate surface area is 227 Å². The van der Waals surface area contributed by atoms with Crippen LogP contribution in [0, 0.1) is 11.6 Å². The van der Waals surface area contributed by atoms with Gasteiger partial charge in [0.15, 0.2) is 0 Å². The summed E-state index contributed by atoms with van der Waals surface area (Å²) in [5.41, 5.74) is 9.18. The van der Waals surface area contributed by atoms with Gasteiger partial charge in [-0.15, -0.1) is 0 Å². The van der Waals surface area contributed by atoms with Gasteiger partial charge in [-0.05, 0) is 59.4 Å². The molecule has 0 bridgehead atoms. The van der Waals surface area contributed by atoms with Crippen LogP contribution in [0.5, 0.6) is 5.75 Å². The van der Waals surface area contributed by atoms with E-state index >= 15 is 0 Å². The minimum atomic E-state index is -1.18. The number of carbonyl (C=O) groups excluding carboxylic acids is 2. The molecule has 0 heterocycles. The first-order chi connectivity index (χ1) is 18.7. The smallest absolute Gasteiger partial charge is 0.242 e. The van der Waals surface area contributed by atoms with E-state index in [0.29, 0.717) is 11.3 Å². The summed E-state index contributed by atoms with van der Waals surface area (Å²) in [4.78, 5) is 27.1. The van der Waals surface area contributed by atoms with Gasteiger partial charge in [0.1, 0.15) is 17.4 Å². The van der Waals surface area contributed by atoms with Crippen molar-refractivity contribution >= 4 is 11.8 Å². The van der Waals surface area contributed by atoms with Gasteiger partial charge in [0.05, 0.1) is 26.2 Å². The molecule has 0 unspecified atom stereocenters. The highest BCUT2D eigenvalue weighted by Crippen LogP contribution is 2.14. The molecular formula is C30H35F2N3O4. The van der Waals surface area contributed by atoms with Crippen LogP contribution in [0.3, 0.4) is 0 Å². The number of aliphatic hydroxyl groups excluding tert-OH is 1. The molecule has 2 amide bonds. The summed E-state index contributed by atoms with van der Waals surface area (Å²) in [6, 6.07) is 17.0. The minimum absolute atomic E-state index is 0.0157. The number of hydrogen-bond donors (Lipinski definition) is 3. The minimum Gasteiger partial charge on any atom is -0.497 e. The van der Waals surface area contributed by atoms with Crippen molar-refractivity contribution in [3.8, 4) is 5.75 Å². The number of nitrogens with one attached hydrogen (secondary N) is 1. The predicted molar refractivity (Wildman–Crippen MR) is 145 cm³/mol.